The molecule has 1 N–H and O–H groups in total. The van der Waals surface area contributed by atoms with Crippen LogP contribution in [-0.4, -0.2) is 54.7 Å². The van der Waals surface area contributed by atoms with E-state index in [0.717, 1.165) is 23.5 Å². The molecule has 0 aliphatic carbocycles. The first-order chi connectivity index (χ1) is 16.9. The predicted octanol–water partition coefficient (Wildman–Crippen LogP) is 6.23. The van der Waals surface area contributed by atoms with Gasteiger partial charge in [-0.25, -0.2) is 4.98 Å². The Kier molecular flexibility index (Phi) is 6.58. The Balaban J connectivity index is 1.35. The third kappa shape index (κ3) is 4.94. The Bertz CT molecular complexity index is 1570. The van der Waals surface area contributed by atoms with Crippen LogP contribution in [0.1, 0.15) is 17.2 Å². The van der Waals surface area contributed by atoms with Gasteiger partial charge in [0.1, 0.15) is 17.2 Å². The highest BCUT2D eigenvalue weighted by Gasteiger charge is 2.16. The van der Waals surface area contributed by atoms with E-state index in [1.807, 2.05) is 42.3 Å². The lowest BCUT2D eigenvalue weighted by atomic mass is 10.2. The van der Waals surface area contributed by atoms with E-state index in [-0.39, 0.29) is 6.42 Å². The van der Waals surface area contributed by atoms with E-state index >= 15 is 0 Å². The van der Waals surface area contributed by atoms with Crippen molar-refractivity contribution in [1.29, 1.82) is 5.26 Å². The van der Waals surface area contributed by atoms with Crippen molar-refractivity contribution in [3.63, 3.8) is 0 Å². The van der Waals surface area contributed by atoms with Crippen LogP contribution in [-0.2, 0) is 4.79 Å². The number of likely N-dealkylation sites (N-methyl/N-ethyl adjacent to an activating group) is 2. The fourth-order valence-electron chi connectivity index (χ4n) is 3.70. The summed E-state index contributed by atoms with van der Waals surface area (Å²) < 4.78 is 10.7. The summed E-state index contributed by atoms with van der Waals surface area (Å²) in [5.41, 5.74) is 1.81. The third-order valence-corrected chi connectivity index (χ3v) is 9.50. The van der Waals surface area contributed by atoms with Crippen molar-refractivity contribution in [2.75, 3.05) is 38.6 Å². The highest BCUT2D eigenvalue weighted by Crippen LogP contribution is 2.46. The number of carboxylic acids is 1. The lowest BCUT2D eigenvalue weighted by Gasteiger charge is -2.21. The number of fused-ring (bicyclic) bond motifs is 4. The van der Waals surface area contributed by atoms with Gasteiger partial charge in [0.15, 0.2) is 5.58 Å². The standard InChI is InChI=1S/C25H22N4O3S3/c1-28(8-7-22(30)31)9-10-29(2)21-13-20-24(35-21)23-19(34-20)12-16(33-23)11-15(14-26)25-27-17-5-3-4-6-18(17)32-25/h3-6,11-13H,7-10H2,1-2H3,(H,30,31)/b15-11+. The highest BCUT2D eigenvalue weighted by molar-refractivity contribution is 7.39. The minimum atomic E-state index is -0.770. The van der Waals surface area contributed by atoms with Crippen LogP contribution in [0.5, 0.6) is 0 Å². The molecule has 5 rings (SSSR count). The highest BCUT2D eigenvalue weighted by atomic mass is 32.1. The number of anilines is 1. The Morgan fingerprint density at radius 1 is 1.11 bits per heavy atom. The zero-order valence-corrected chi connectivity index (χ0v) is 21.6. The number of para-hydroxylation sites is 2. The number of oxazole rings is 1. The second-order valence-electron chi connectivity index (χ2n) is 8.25. The second kappa shape index (κ2) is 9.79. The van der Waals surface area contributed by atoms with Crippen LogP contribution in [0, 0.1) is 11.3 Å². The molecular weight excluding hydrogens is 501 g/mol. The molecule has 0 aliphatic heterocycles. The first-order valence-corrected chi connectivity index (χ1v) is 13.4. The van der Waals surface area contributed by atoms with Crippen LogP contribution < -0.4 is 4.90 Å². The van der Waals surface area contributed by atoms with E-state index in [0.29, 0.717) is 23.6 Å². The molecule has 10 heteroatoms. The van der Waals surface area contributed by atoms with Crippen LogP contribution in [0.3, 0.4) is 0 Å². The third-order valence-electron chi connectivity index (χ3n) is 5.66. The smallest absolute Gasteiger partial charge is 0.304 e. The number of hydrogen-bond donors (Lipinski definition) is 1. The maximum absolute atomic E-state index is 10.8. The van der Waals surface area contributed by atoms with Gasteiger partial charge in [0, 0.05) is 41.0 Å². The van der Waals surface area contributed by atoms with Gasteiger partial charge < -0.3 is 19.3 Å². The molecule has 1 aromatic carbocycles. The van der Waals surface area contributed by atoms with Gasteiger partial charge in [-0.3, -0.25) is 4.79 Å². The van der Waals surface area contributed by atoms with Crippen LogP contribution in [0.25, 0.3) is 41.5 Å². The molecule has 0 unspecified atom stereocenters. The van der Waals surface area contributed by atoms with Gasteiger partial charge in [0.2, 0.25) is 5.89 Å². The van der Waals surface area contributed by atoms with Crippen LogP contribution in [0.15, 0.2) is 40.8 Å². The molecular formula is C25H22N4O3S3. The number of benzene rings is 1. The van der Waals surface area contributed by atoms with E-state index in [9.17, 15) is 10.1 Å². The van der Waals surface area contributed by atoms with Gasteiger partial charge in [0.25, 0.3) is 0 Å². The molecule has 7 nitrogen and oxygen atoms in total. The van der Waals surface area contributed by atoms with Crippen molar-refractivity contribution in [3.8, 4) is 6.07 Å². The van der Waals surface area contributed by atoms with Crippen LogP contribution in [0.2, 0.25) is 0 Å². The maximum Gasteiger partial charge on any atom is 0.304 e. The fourth-order valence-corrected chi connectivity index (χ4v) is 7.66. The van der Waals surface area contributed by atoms with Crippen molar-refractivity contribution >= 4 is 86.5 Å². The van der Waals surface area contributed by atoms with Crippen molar-refractivity contribution in [1.82, 2.24) is 9.88 Å². The molecule has 0 fully saturated rings. The first kappa shape index (κ1) is 23.5. The number of rotatable bonds is 9. The summed E-state index contributed by atoms with van der Waals surface area (Å²) in [7, 11) is 4.02. The summed E-state index contributed by atoms with van der Waals surface area (Å²) in [6.45, 7) is 2.16. The quantitative estimate of drug-likeness (QED) is 0.230. The van der Waals surface area contributed by atoms with E-state index < -0.39 is 5.97 Å². The monoisotopic (exact) mass is 522 g/mol. The molecule has 0 saturated heterocycles. The summed E-state index contributed by atoms with van der Waals surface area (Å²) in [5.74, 6) is -0.433. The number of nitriles is 1. The average Bonchev–Trinajstić information content (AvgIpc) is 3.59. The van der Waals surface area contributed by atoms with Crippen molar-refractivity contribution < 1.29 is 14.3 Å². The zero-order valence-electron chi connectivity index (χ0n) is 19.1. The molecule has 4 aromatic heterocycles. The minimum absolute atomic E-state index is 0.155. The Labute approximate surface area is 213 Å². The number of allylic oxidation sites excluding steroid dienone is 1. The van der Waals surface area contributed by atoms with Gasteiger partial charge in [-0.1, -0.05) is 12.1 Å². The number of aromatic nitrogens is 1. The molecule has 35 heavy (non-hydrogen) atoms. The van der Waals surface area contributed by atoms with Gasteiger partial charge >= 0.3 is 5.97 Å². The molecule has 0 saturated carbocycles. The van der Waals surface area contributed by atoms with Gasteiger partial charge in [-0.05, 0) is 37.4 Å². The van der Waals surface area contributed by atoms with E-state index in [2.05, 4.69) is 35.1 Å². The van der Waals surface area contributed by atoms with Crippen LogP contribution in [0.4, 0.5) is 5.00 Å². The zero-order chi connectivity index (χ0) is 24.5. The van der Waals surface area contributed by atoms with Crippen molar-refractivity contribution in [2.45, 2.75) is 6.42 Å². The largest absolute Gasteiger partial charge is 0.481 e. The van der Waals surface area contributed by atoms with E-state index in [4.69, 9.17) is 9.52 Å². The van der Waals surface area contributed by atoms with Gasteiger partial charge in [0.05, 0.1) is 20.8 Å². The molecule has 0 atom stereocenters. The number of hydrogen-bond acceptors (Lipinski definition) is 9. The number of thiophene rings is 3. The Morgan fingerprint density at radius 2 is 1.89 bits per heavy atom. The average molecular weight is 523 g/mol. The predicted molar refractivity (Wildman–Crippen MR) is 146 cm³/mol. The molecule has 0 aliphatic rings. The van der Waals surface area contributed by atoms with Crippen molar-refractivity contribution in [3.05, 3.63) is 47.2 Å². The summed E-state index contributed by atoms with van der Waals surface area (Å²) in [6, 6.07) is 14.1. The topological polar surface area (TPSA) is 93.6 Å². The summed E-state index contributed by atoms with van der Waals surface area (Å²) in [6.07, 6.45) is 2.00. The van der Waals surface area contributed by atoms with E-state index in [1.54, 1.807) is 34.0 Å². The van der Waals surface area contributed by atoms with Gasteiger partial charge in [-0.15, -0.1) is 34.0 Å². The fraction of sp³-hybridized carbons (Fsp3) is 0.240. The van der Waals surface area contributed by atoms with Crippen molar-refractivity contribution in [2.24, 2.45) is 0 Å². The SMILES string of the molecule is CN(CCC(=O)O)CCN(C)c1cc2sc3cc(/C=C(\C#N)c4nc5ccccc5o4)sc3c2s1. The second-order valence-corrected chi connectivity index (χ2v) is 11.4. The summed E-state index contributed by atoms with van der Waals surface area (Å²) >= 11 is 5.20. The van der Waals surface area contributed by atoms with Gasteiger partial charge in [-0.2, -0.15) is 5.26 Å². The number of nitrogens with zero attached hydrogens (tertiary/aromatic N) is 4. The number of carbonyl (C=O) groups is 1. The lowest BCUT2D eigenvalue weighted by molar-refractivity contribution is -0.137. The molecule has 0 amide bonds. The molecule has 0 bridgehead atoms. The maximum atomic E-state index is 10.8. The number of aliphatic carboxylic acids is 1. The summed E-state index contributed by atoms with van der Waals surface area (Å²) in [4.78, 5) is 20.5. The lowest BCUT2D eigenvalue weighted by Crippen LogP contribution is -2.31. The summed E-state index contributed by atoms with van der Waals surface area (Å²) in [5, 5.41) is 19.8. The van der Waals surface area contributed by atoms with Crippen LogP contribution >= 0.6 is 34.0 Å². The van der Waals surface area contributed by atoms with E-state index in [1.165, 1.54) is 23.8 Å². The normalized spacial score (nSPS) is 12.2. The Hall–Kier alpha value is -3.23. The molecule has 0 radical (unpaired) electrons. The molecule has 178 valence electrons. The number of carboxylic acid groups (broad SMARTS) is 1. The molecule has 5 aromatic rings. The minimum Gasteiger partial charge on any atom is -0.481 e. The Morgan fingerprint density at radius 3 is 2.66 bits per heavy atom. The first-order valence-electron chi connectivity index (χ1n) is 11.0. The molecule has 0 spiro atoms. The molecule has 4 heterocycles.